The van der Waals surface area contributed by atoms with E-state index in [9.17, 15) is 14.0 Å². The average molecular weight is 630 g/mol. The minimum Gasteiger partial charge on any atom is -0.444 e. The maximum Gasteiger partial charge on any atom is 0.410 e. The molecule has 1 aliphatic heterocycles. The molecule has 1 unspecified atom stereocenters. The van der Waals surface area contributed by atoms with Gasteiger partial charge in [0.2, 0.25) is 5.91 Å². The fraction of sp³-hybridized carbons (Fsp3) is 0.481. The molecular weight excluding hydrogens is 598 g/mol. The lowest BCUT2D eigenvalue weighted by molar-refractivity contribution is -0.132. The van der Waals surface area contributed by atoms with Crippen LogP contribution in [0.5, 0.6) is 0 Å². The first kappa shape index (κ1) is 28.6. The Kier molecular flexibility index (Phi) is 9.20. The van der Waals surface area contributed by atoms with Gasteiger partial charge in [-0.15, -0.1) is 0 Å². The minimum absolute atomic E-state index is 0.0594. The Bertz CT molecular complexity index is 1060. The lowest BCUT2D eigenvalue weighted by Gasteiger charge is -2.41. The van der Waals surface area contributed by atoms with Crippen LogP contribution in [0.25, 0.3) is 0 Å². The number of halogens is 4. The summed E-state index contributed by atoms with van der Waals surface area (Å²) in [6.45, 7) is 6.08. The van der Waals surface area contributed by atoms with Crippen molar-refractivity contribution in [2.45, 2.75) is 63.8 Å². The Labute approximate surface area is 228 Å². The molecule has 0 bridgehead atoms. The van der Waals surface area contributed by atoms with Crippen LogP contribution in [0, 0.1) is 5.82 Å². The zero-order valence-corrected chi connectivity index (χ0v) is 24.2. The van der Waals surface area contributed by atoms with Gasteiger partial charge < -0.3 is 14.5 Å². The molecule has 1 saturated heterocycles. The van der Waals surface area contributed by atoms with E-state index in [4.69, 9.17) is 4.74 Å². The Morgan fingerprint density at radius 3 is 2.17 bits per heavy atom. The predicted molar refractivity (Wildman–Crippen MR) is 143 cm³/mol. The number of benzene rings is 2. The summed E-state index contributed by atoms with van der Waals surface area (Å²) >= 11 is 6.91. The van der Waals surface area contributed by atoms with E-state index in [0.717, 1.165) is 14.5 Å². The van der Waals surface area contributed by atoms with Crippen LogP contribution in [0.4, 0.5) is 13.6 Å². The molecule has 1 aliphatic rings. The quantitative estimate of drug-likeness (QED) is 0.339. The molecule has 2 aromatic rings. The van der Waals surface area contributed by atoms with Crippen LogP contribution in [-0.2, 0) is 16.1 Å². The van der Waals surface area contributed by atoms with Crippen LogP contribution in [0.15, 0.2) is 51.4 Å². The van der Waals surface area contributed by atoms with Crippen LogP contribution >= 0.6 is 31.9 Å². The first-order valence-corrected chi connectivity index (χ1v) is 13.5. The van der Waals surface area contributed by atoms with Gasteiger partial charge in [-0.3, -0.25) is 4.79 Å². The average Bonchev–Trinajstić information content (AvgIpc) is 2.76. The summed E-state index contributed by atoms with van der Waals surface area (Å²) < 4.78 is 37.3. The van der Waals surface area contributed by atoms with Crippen LogP contribution < -0.4 is 0 Å². The number of alkyl halides is 1. The first-order chi connectivity index (χ1) is 16.8. The summed E-state index contributed by atoms with van der Waals surface area (Å²) in [6, 6.07) is 11.4. The van der Waals surface area contributed by atoms with Gasteiger partial charge in [0.05, 0.1) is 0 Å². The highest BCUT2D eigenvalue weighted by molar-refractivity contribution is 9.11. The highest BCUT2D eigenvalue weighted by atomic mass is 79.9. The number of carbonyl (C=O) groups is 2. The maximum absolute atomic E-state index is 16.5. The van der Waals surface area contributed by atoms with Crippen molar-refractivity contribution in [3.05, 3.63) is 68.4 Å². The van der Waals surface area contributed by atoms with E-state index in [0.29, 0.717) is 12.1 Å². The fourth-order valence-electron chi connectivity index (χ4n) is 4.43. The normalized spacial score (nSPS) is 16.4. The number of hydrogen-bond acceptors (Lipinski definition) is 3. The second-order valence-electron chi connectivity index (χ2n) is 10.3. The number of likely N-dealkylation sites (tertiary alicyclic amines) is 1. The molecule has 1 fully saturated rings. The predicted octanol–water partition coefficient (Wildman–Crippen LogP) is 7.22. The second-order valence-corrected chi connectivity index (χ2v) is 12.2. The highest BCUT2D eigenvalue weighted by Crippen LogP contribution is 2.43. The molecule has 1 atom stereocenters. The molecule has 0 saturated carbocycles. The number of ether oxygens (including phenoxy) is 1. The Morgan fingerprint density at radius 2 is 1.64 bits per heavy atom. The summed E-state index contributed by atoms with van der Waals surface area (Å²) in [6.07, 6.45) is -0.424. The molecule has 0 radical (unpaired) electrons. The molecule has 196 valence electrons. The zero-order valence-electron chi connectivity index (χ0n) is 21.0. The van der Waals surface area contributed by atoms with Crippen molar-refractivity contribution >= 4 is 43.9 Å². The van der Waals surface area contributed by atoms with E-state index >= 15 is 4.39 Å². The zero-order chi connectivity index (χ0) is 26.7. The van der Waals surface area contributed by atoms with Crippen molar-refractivity contribution in [2.75, 3.05) is 20.1 Å². The molecule has 5 nitrogen and oxygen atoms in total. The van der Waals surface area contributed by atoms with Gasteiger partial charge in [0.15, 0.2) is 0 Å². The van der Waals surface area contributed by atoms with Gasteiger partial charge in [0.1, 0.15) is 17.1 Å². The van der Waals surface area contributed by atoms with E-state index in [1.54, 1.807) is 44.9 Å². The van der Waals surface area contributed by atoms with Crippen LogP contribution in [0.3, 0.4) is 0 Å². The number of hydrogen-bond donors (Lipinski definition) is 0. The van der Waals surface area contributed by atoms with Crippen molar-refractivity contribution in [2.24, 2.45) is 0 Å². The minimum atomic E-state index is -1.73. The number of nitrogens with zero attached hydrogens (tertiary/aromatic N) is 2. The highest BCUT2D eigenvalue weighted by Gasteiger charge is 2.45. The lowest BCUT2D eigenvalue weighted by atomic mass is 9.75. The van der Waals surface area contributed by atoms with E-state index in [1.807, 2.05) is 18.2 Å². The molecule has 9 heteroatoms. The maximum atomic E-state index is 16.5. The molecule has 0 aliphatic carbocycles. The molecular formula is C27H32Br2F2N2O3. The van der Waals surface area contributed by atoms with Gasteiger partial charge in [-0.2, -0.15) is 0 Å². The third-order valence-electron chi connectivity index (χ3n) is 6.29. The van der Waals surface area contributed by atoms with Gasteiger partial charge in [-0.1, -0.05) is 44.0 Å². The summed E-state index contributed by atoms with van der Waals surface area (Å²) in [4.78, 5) is 28.8. The number of amides is 2. The monoisotopic (exact) mass is 628 g/mol. The molecule has 0 aromatic heterocycles. The van der Waals surface area contributed by atoms with E-state index in [2.05, 4.69) is 31.9 Å². The van der Waals surface area contributed by atoms with Gasteiger partial charge >= 0.3 is 6.09 Å². The summed E-state index contributed by atoms with van der Waals surface area (Å²) in [7, 11) is 1.69. The second kappa shape index (κ2) is 11.6. The smallest absolute Gasteiger partial charge is 0.410 e. The number of rotatable bonds is 6. The Hall–Kier alpha value is -2.00. The Balaban J connectivity index is 1.76. The van der Waals surface area contributed by atoms with Gasteiger partial charge in [0, 0.05) is 48.0 Å². The van der Waals surface area contributed by atoms with Crippen LogP contribution in [0.2, 0.25) is 0 Å². The van der Waals surface area contributed by atoms with Crippen molar-refractivity contribution in [3.8, 4) is 0 Å². The summed E-state index contributed by atoms with van der Waals surface area (Å²) in [5.41, 5.74) is -0.882. The third kappa shape index (κ3) is 7.75. The molecule has 1 heterocycles. The van der Waals surface area contributed by atoms with Crippen molar-refractivity contribution in [1.29, 1.82) is 0 Å². The van der Waals surface area contributed by atoms with Gasteiger partial charge in [-0.05, 0) is 75.1 Å². The molecule has 0 spiro atoms. The summed E-state index contributed by atoms with van der Waals surface area (Å²) in [5, 5.41) is 0. The molecule has 36 heavy (non-hydrogen) atoms. The van der Waals surface area contributed by atoms with Gasteiger partial charge in [-0.25, -0.2) is 13.6 Å². The van der Waals surface area contributed by atoms with E-state index in [1.165, 1.54) is 17.0 Å². The topological polar surface area (TPSA) is 49.9 Å². The van der Waals surface area contributed by atoms with Crippen LogP contribution in [0.1, 0.15) is 57.1 Å². The number of piperidine rings is 1. The lowest BCUT2D eigenvalue weighted by Crippen LogP contribution is -2.49. The Morgan fingerprint density at radius 1 is 1.08 bits per heavy atom. The van der Waals surface area contributed by atoms with E-state index < -0.39 is 29.1 Å². The van der Waals surface area contributed by atoms with Crippen LogP contribution in [-0.4, -0.2) is 53.2 Å². The third-order valence-corrected chi connectivity index (χ3v) is 7.21. The first-order valence-electron chi connectivity index (χ1n) is 11.9. The summed E-state index contributed by atoms with van der Waals surface area (Å²) in [5.74, 6) is -1.41. The van der Waals surface area contributed by atoms with Crippen molar-refractivity contribution in [3.63, 3.8) is 0 Å². The molecule has 0 N–H and O–H groups in total. The standard InChI is InChI=1S/C27H32Br2F2N2O3/c1-26(2,3)36-25(35)33-11-9-27(31,10-12-33)23(19-5-7-22(30)8-6-19)16-24(34)32(4)17-18-13-20(28)15-21(29)14-18/h5-8,13-15,23H,9-12,16-17H2,1-4H3. The van der Waals surface area contributed by atoms with E-state index in [-0.39, 0.29) is 38.3 Å². The number of carbonyl (C=O) groups excluding carboxylic acids is 2. The fourth-order valence-corrected chi connectivity index (χ4v) is 5.81. The van der Waals surface area contributed by atoms with Crippen molar-refractivity contribution < 1.29 is 23.1 Å². The molecule has 2 aromatic carbocycles. The molecule has 2 amide bonds. The molecule has 3 rings (SSSR count). The SMILES string of the molecule is CN(Cc1cc(Br)cc(Br)c1)C(=O)CC(c1ccc(F)cc1)C1(F)CCN(C(=O)OC(C)(C)C)CC1. The largest absolute Gasteiger partial charge is 0.444 e. The van der Waals surface area contributed by atoms with Crippen molar-refractivity contribution in [1.82, 2.24) is 9.80 Å². The van der Waals surface area contributed by atoms with Gasteiger partial charge in [0.25, 0.3) is 0 Å².